The zero-order valence-electron chi connectivity index (χ0n) is 13.6. The number of allylic oxidation sites excluding steroid dienone is 1. The van der Waals surface area contributed by atoms with E-state index in [1.807, 2.05) is 6.92 Å². The Labute approximate surface area is 130 Å². The van der Waals surface area contributed by atoms with Crippen LogP contribution >= 0.6 is 0 Å². The summed E-state index contributed by atoms with van der Waals surface area (Å²) in [5.74, 6) is 0. The maximum atomic E-state index is 12.6. The standard InChI is InChI=1S/C16H25N3O3/c1-5-7-8-9-10-18(13(4)6-2)16(22)19-11-12(3)14(20)17-15(19)21/h11H,4-10H2,1-3H3,(H,17,20,21). The lowest BCUT2D eigenvalue weighted by Crippen LogP contribution is -2.42. The van der Waals surface area contributed by atoms with Crippen LogP contribution < -0.4 is 11.2 Å². The summed E-state index contributed by atoms with van der Waals surface area (Å²) < 4.78 is 0.942. The second kappa shape index (κ2) is 8.36. The molecule has 0 unspecified atom stereocenters. The average molecular weight is 307 g/mol. The molecule has 1 aromatic rings. The van der Waals surface area contributed by atoms with Crippen LogP contribution in [-0.2, 0) is 0 Å². The van der Waals surface area contributed by atoms with Gasteiger partial charge in [-0.05, 0) is 19.8 Å². The highest BCUT2D eigenvalue weighted by Gasteiger charge is 2.19. The summed E-state index contributed by atoms with van der Waals surface area (Å²) in [6, 6.07) is -0.465. The molecule has 1 amide bonds. The van der Waals surface area contributed by atoms with Crippen LogP contribution in [0.1, 0.15) is 51.5 Å². The Hall–Kier alpha value is -2.11. The number of nitrogens with one attached hydrogen (secondary N) is 1. The molecule has 22 heavy (non-hydrogen) atoms. The topological polar surface area (TPSA) is 75.2 Å². The molecular weight excluding hydrogens is 282 g/mol. The van der Waals surface area contributed by atoms with Gasteiger partial charge in [0.05, 0.1) is 0 Å². The van der Waals surface area contributed by atoms with Gasteiger partial charge in [-0.3, -0.25) is 14.7 Å². The van der Waals surface area contributed by atoms with Crippen molar-refractivity contribution in [3.8, 4) is 0 Å². The predicted octanol–water partition coefficient (Wildman–Crippen LogP) is 2.62. The minimum atomic E-state index is -0.719. The summed E-state index contributed by atoms with van der Waals surface area (Å²) in [7, 11) is 0. The molecule has 0 spiro atoms. The summed E-state index contributed by atoms with van der Waals surface area (Å²) >= 11 is 0. The van der Waals surface area contributed by atoms with Crippen molar-refractivity contribution < 1.29 is 4.79 Å². The number of hydrogen-bond acceptors (Lipinski definition) is 3. The number of aromatic amines is 1. The molecule has 0 atom stereocenters. The van der Waals surface area contributed by atoms with Gasteiger partial charge in [-0.1, -0.05) is 39.7 Å². The highest BCUT2D eigenvalue weighted by Crippen LogP contribution is 2.11. The van der Waals surface area contributed by atoms with Crippen LogP contribution in [0.25, 0.3) is 0 Å². The van der Waals surface area contributed by atoms with Crippen molar-refractivity contribution in [1.82, 2.24) is 14.5 Å². The van der Waals surface area contributed by atoms with E-state index in [0.717, 1.165) is 30.3 Å². The summed E-state index contributed by atoms with van der Waals surface area (Å²) in [4.78, 5) is 39.5. The number of aryl methyl sites for hydroxylation is 1. The van der Waals surface area contributed by atoms with E-state index in [4.69, 9.17) is 0 Å². The maximum absolute atomic E-state index is 12.6. The Bertz CT molecular complexity index is 643. The molecule has 0 fully saturated rings. The summed E-state index contributed by atoms with van der Waals surface area (Å²) in [5, 5.41) is 0. The van der Waals surface area contributed by atoms with Crippen molar-refractivity contribution >= 4 is 6.03 Å². The first-order valence-corrected chi connectivity index (χ1v) is 7.74. The fourth-order valence-corrected chi connectivity index (χ4v) is 2.12. The van der Waals surface area contributed by atoms with E-state index in [9.17, 15) is 14.4 Å². The molecule has 1 N–H and O–H groups in total. The van der Waals surface area contributed by atoms with Gasteiger partial charge in [0.2, 0.25) is 0 Å². The Kier molecular flexibility index (Phi) is 6.82. The van der Waals surface area contributed by atoms with Crippen LogP contribution in [0.5, 0.6) is 0 Å². The van der Waals surface area contributed by atoms with Gasteiger partial charge in [0, 0.05) is 24.0 Å². The van der Waals surface area contributed by atoms with Gasteiger partial charge in [0.15, 0.2) is 0 Å². The van der Waals surface area contributed by atoms with Crippen molar-refractivity contribution in [3.05, 3.63) is 44.9 Å². The van der Waals surface area contributed by atoms with Crippen molar-refractivity contribution in [1.29, 1.82) is 0 Å². The first kappa shape index (κ1) is 17.9. The molecule has 122 valence electrons. The second-order valence-corrected chi connectivity index (χ2v) is 5.36. The van der Waals surface area contributed by atoms with Crippen molar-refractivity contribution in [2.75, 3.05) is 6.54 Å². The lowest BCUT2D eigenvalue weighted by atomic mass is 10.2. The SMILES string of the molecule is C=C(CC)N(CCCCCC)C(=O)n1cc(C)c(=O)[nH]c1=O. The van der Waals surface area contributed by atoms with Crippen LogP contribution in [0.3, 0.4) is 0 Å². The monoisotopic (exact) mass is 307 g/mol. The van der Waals surface area contributed by atoms with Gasteiger partial charge in [-0.15, -0.1) is 0 Å². The number of unbranched alkanes of at least 4 members (excludes halogenated alkanes) is 3. The van der Waals surface area contributed by atoms with E-state index in [0.29, 0.717) is 24.2 Å². The van der Waals surface area contributed by atoms with Crippen molar-refractivity contribution in [2.24, 2.45) is 0 Å². The minimum absolute atomic E-state index is 0.320. The molecule has 6 heteroatoms. The van der Waals surface area contributed by atoms with Gasteiger partial charge in [0.1, 0.15) is 0 Å². The number of hydrogen-bond donors (Lipinski definition) is 1. The van der Waals surface area contributed by atoms with Crippen molar-refractivity contribution in [2.45, 2.75) is 52.9 Å². The number of nitrogens with zero attached hydrogens (tertiary/aromatic N) is 2. The van der Waals surface area contributed by atoms with Crippen LogP contribution in [0.4, 0.5) is 4.79 Å². The Balaban J connectivity index is 3.01. The van der Waals surface area contributed by atoms with E-state index in [1.165, 1.54) is 11.1 Å². The third-order valence-corrected chi connectivity index (χ3v) is 3.58. The normalized spacial score (nSPS) is 10.5. The summed E-state index contributed by atoms with van der Waals surface area (Å²) in [6.45, 7) is 10.0. The molecule has 6 nitrogen and oxygen atoms in total. The fraction of sp³-hybridized carbons (Fsp3) is 0.562. The second-order valence-electron chi connectivity index (χ2n) is 5.36. The van der Waals surface area contributed by atoms with Crippen LogP contribution in [-0.4, -0.2) is 27.0 Å². The molecule has 0 saturated heterocycles. The molecular formula is C16H25N3O3. The van der Waals surface area contributed by atoms with Gasteiger partial charge in [-0.25, -0.2) is 14.2 Å². The van der Waals surface area contributed by atoms with E-state index in [1.54, 1.807) is 6.92 Å². The molecule has 1 aromatic heterocycles. The predicted molar refractivity (Wildman–Crippen MR) is 87.1 cm³/mol. The molecule has 1 heterocycles. The highest BCUT2D eigenvalue weighted by molar-refractivity contribution is 5.78. The number of amides is 1. The molecule has 0 saturated carbocycles. The molecule has 0 bridgehead atoms. The van der Waals surface area contributed by atoms with Gasteiger partial charge >= 0.3 is 11.7 Å². The lowest BCUT2D eigenvalue weighted by Gasteiger charge is -2.24. The maximum Gasteiger partial charge on any atom is 0.336 e. The molecule has 0 aliphatic carbocycles. The molecule has 0 aliphatic heterocycles. The van der Waals surface area contributed by atoms with E-state index in [2.05, 4.69) is 18.5 Å². The van der Waals surface area contributed by atoms with Crippen LogP contribution in [0.15, 0.2) is 28.1 Å². The van der Waals surface area contributed by atoms with E-state index in [-0.39, 0.29) is 0 Å². The smallest absolute Gasteiger partial charge is 0.298 e. The highest BCUT2D eigenvalue weighted by atomic mass is 16.2. The Morgan fingerprint density at radius 2 is 1.95 bits per heavy atom. The number of H-pyrrole nitrogens is 1. The summed E-state index contributed by atoms with van der Waals surface area (Å²) in [6.07, 6.45) is 6.01. The third-order valence-electron chi connectivity index (χ3n) is 3.58. The van der Waals surface area contributed by atoms with E-state index >= 15 is 0 Å². The van der Waals surface area contributed by atoms with Gasteiger partial charge < -0.3 is 0 Å². The lowest BCUT2D eigenvalue weighted by molar-refractivity contribution is 0.209. The molecule has 0 radical (unpaired) electrons. The first-order valence-electron chi connectivity index (χ1n) is 7.74. The number of carbonyl (C=O) groups excluding carboxylic acids is 1. The zero-order chi connectivity index (χ0) is 16.7. The summed E-state index contributed by atoms with van der Waals surface area (Å²) in [5.41, 5.74) is -0.209. The first-order chi connectivity index (χ1) is 10.4. The van der Waals surface area contributed by atoms with Crippen molar-refractivity contribution in [3.63, 3.8) is 0 Å². The van der Waals surface area contributed by atoms with Crippen LogP contribution in [0, 0.1) is 6.92 Å². The quantitative estimate of drug-likeness (QED) is 0.787. The van der Waals surface area contributed by atoms with Gasteiger partial charge in [0.25, 0.3) is 5.56 Å². The Morgan fingerprint density at radius 1 is 1.27 bits per heavy atom. The largest absolute Gasteiger partial charge is 0.336 e. The van der Waals surface area contributed by atoms with Gasteiger partial charge in [-0.2, -0.15) is 0 Å². The third kappa shape index (κ3) is 4.44. The number of aromatic nitrogens is 2. The fourth-order valence-electron chi connectivity index (χ4n) is 2.12. The Morgan fingerprint density at radius 3 is 2.55 bits per heavy atom. The average Bonchev–Trinajstić information content (AvgIpc) is 2.49. The minimum Gasteiger partial charge on any atom is -0.298 e. The molecule has 1 rings (SSSR count). The molecule has 0 aromatic carbocycles. The molecule has 0 aliphatic rings. The zero-order valence-corrected chi connectivity index (χ0v) is 13.6. The number of rotatable bonds is 7. The number of carbonyl (C=O) groups is 1. The van der Waals surface area contributed by atoms with Crippen LogP contribution in [0.2, 0.25) is 0 Å². The van der Waals surface area contributed by atoms with E-state index < -0.39 is 17.3 Å².